The first-order chi connectivity index (χ1) is 10.4. The van der Waals surface area contributed by atoms with Crippen LogP contribution in [0.25, 0.3) is 0 Å². The van der Waals surface area contributed by atoms with Crippen LogP contribution >= 0.6 is 0 Å². The fraction of sp³-hybridized carbons (Fsp3) is 0.833. The predicted molar refractivity (Wildman–Crippen MR) is 81.0 cm³/mol. The average Bonchev–Trinajstić information content (AvgIpc) is 2.45. The van der Waals surface area contributed by atoms with Crippen molar-refractivity contribution in [3.63, 3.8) is 0 Å². The van der Waals surface area contributed by atoms with Gasteiger partial charge in [0.25, 0.3) is 0 Å². The van der Waals surface area contributed by atoms with E-state index in [1.807, 2.05) is 20.8 Å². The highest BCUT2D eigenvalue weighted by Crippen LogP contribution is 2.18. The minimum Gasteiger partial charge on any atom is -0.462 e. The van der Waals surface area contributed by atoms with Gasteiger partial charge < -0.3 is 23.3 Å². The van der Waals surface area contributed by atoms with E-state index in [9.17, 15) is 9.59 Å². The second-order valence-corrected chi connectivity index (χ2v) is 7.00. The monoisotopic (exact) mass is 335 g/mol. The number of hydrogen-bond acceptors (Lipinski definition) is 5. The van der Waals surface area contributed by atoms with Crippen molar-refractivity contribution >= 4 is 20.9 Å². The van der Waals surface area contributed by atoms with E-state index in [0.717, 1.165) is 0 Å². The molecule has 1 N–H and O–H groups in total. The van der Waals surface area contributed by atoms with Crippen LogP contribution in [0.15, 0.2) is 10.2 Å². The van der Waals surface area contributed by atoms with Gasteiger partial charge in [-0.1, -0.05) is 10.2 Å². The standard InChI is InChI=1S/C12H25N3O6Si/c1-5-19-22(20-6-2,21-7-3)10-8-9-15(4)11(16)13-14-12(17)18/h5-10H2,1-4H3,(H,17,18). The molecule has 0 radical (unpaired) electrons. The van der Waals surface area contributed by atoms with Crippen LogP contribution in [0.4, 0.5) is 9.59 Å². The molecule has 0 aromatic heterocycles. The maximum absolute atomic E-state index is 11.5. The van der Waals surface area contributed by atoms with Crippen molar-refractivity contribution in [2.45, 2.75) is 33.2 Å². The van der Waals surface area contributed by atoms with Crippen LogP contribution in [0.1, 0.15) is 27.2 Å². The number of carbonyl (C=O) groups is 2. The lowest BCUT2D eigenvalue weighted by Gasteiger charge is -2.28. The summed E-state index contributed by atoms with van der Waals surface area (Å²) in [5, 5.41) is 14.2. The number of amides is 3. The number of urea groups is 1. The molecular weight excluding hydrogens is 310 g/mol. The lowest BCUT2D eigenvalue weighted by atomic mass is 10.4. The molecule has 0 fully saturated rings. The van der Waals surface area contributed by atoms with Crippen LogP contribution in [0.2, 0.25) is 6.04 Å². The van der Waals surface area contributed by atoms with Crippen molar-refractivity contribution in [2.24, 2.45) is 10.2 Å². The Morgan fingerprint density at radius 1 is 1.05 bits per heavy atom. The molecule has 0 bridgehead atoms. The van der Waals surface area contributed by atoms with Crippen LogP contribution in [0, 0.1) is 0 Å². The molecule has 0 aliphatic rings. The molecule has 9 nitrogen and oxygen atoms in total. The quantitative estimate of drug-likeness (QED) is 0.485. The zero-order valence-electron chi connectivity index (χ0n) is 13.6. The number of hydrogen-bond donors (Lipinski definition) is 1. The highest BCUT2D eigenvalue weighted by Gasteiger charge is 2.39. The molecule has 0 unspecified atom stereocenters. The maximum Gasteiger partial charge on any atom is 0.500 e. The molecule has 0 aromatic rings. The molecule has 128 valence electrons. The van der Waals surface area contributed by atoms with Crippen LogP contribution in [-0.4, -0.2) is 64.3 Å². The number of carbonyl (C=O) groups excluding carboxylic acids is 1. The predicted octanol–water partition coefficient (Wildman–Crippen LogP) is 2.61. The molecule has 10 heteroatoms. The Morgan fingerprint density at radius 3 is 1.95 bits per heavy atom. The Bertz CT molecular complexity index is 363. The average molecular weight is 335 g/mol. The van der Waals surface area contributed by atoms with E-state index in [1.165, 1.54) is 11.9 Å². The number of azo groups is 1. The van der Waals surface area contributed by atoms with Gasteiger partial charge in [-0.25, -0.2) is 9.59 Å². The van der Waals surface area contributed by atoms with Gasteiger partial charge in [-0.15, -0.1) is 0 Å². The van der Waals surface area contributed by atoms with Gasteiger partial charge in [0.2, 0.25) is 0 Å². The van der Waals surface area contributed by atoms with Gasteiger partial charge in [0.15, 0.2) is 0 Å². The van der Waals surface area contributed by atoms with E-state index in [1.54, 1.807) is 0 Å². The second-order valence-electron chi connectivity index (χ2n) is 4.27. The number of rotatable bonds is 10. The second kappa shape index (κ2) is 11.2. The molecule has 0 heterocycles. The zero-order valence-corrected chi connectivity index (χ0v) is 14.6. The molecule has 0 rings (SSSR count). The summed E-state index contributed by atoms with van der Waals surface area (Å²) in [5.74, 6) is 0. The van der Waals surface area contributed by atoms with Crippen molar-refractivity contribution in [1.82, 2.24) is 4.90 Å². The molecular formula is C12H25N3O6Si. The van der Waals surface area contributed by atoms with Gasteiger partial charge in [0.1, 0.15) is 0 Å². The summed E-state index contributed by atoms with van der Waals surface area (Å²) in [5.41, 5.74) is 0. The van der Waals surface area contributed by atoms with Crippen molar-refractivity contribution in [1.29, 1.82) is 0 Å². The molecule has 0 aromatic carbocycles. The molecule has 0 aliphatic carbocycles. The van der Waals surface area contributed by atoms with E-state index < -0.39 is 20.9 Å². The van der Waals surface area contributed by atoms with E-state index >= 15 is 0 Å². The van der Waals surface area contributed by atoms with Gasteiger partial charge in [-0.3, -0.25) is 0 Å². The van der Waals surface area contributed by atoms with Crippen LogP contribution < -0.4 is 0 Å². The summed E-state index contributed by atoms with van der Waals surface area (Å²) >= 11 is 0. The topological polar surface area (TPSA) is 110 Å². The van der Waals surface area contributed by atoms with Crippen molar-refractivity contribution < 1.29 is 28.0 Å². The number of nitrogens with zero attached hydrogens (tertiary/aromatic N) is 3. The van der Waals surface area contributed by atoms with Crippen molar-refractivity contribution in [3.8, 4) is 0 Å². The van der Waals surface area contributed by atoms with Crippen LogP contribution in [-0.2, 0) is 13.3 Å². The lowest BCUT2D eigenvalue weighted by Crippen LogP contribution is -2.46. The van der Waals surface area contributed by atoms with Crippen molar-refractivity contribution in [3.05, 3.63) is 0 Å². The van der Waals surface area contributed by atoms with Gasteiger partial charge in [0, 0.05) is 39.5 Å². The molecule has 0 spiro atoms. The molecule has 3 amide bonds. The Labute approximate surface area is 131 Å². The third kappa shape index (κ3) is 8.17. The summed E-state index contributed by atoms with van der Waals surface area (Å²) in [4.78, 5) is 23.0. The van der Waals surface area contributed by atoms with Crippen LogP contribution in [0.3, 0.4) is 0 Å². The maximum atomic E-state index is 11.5. The molecule has 0 saturated heterocycles. The lowest BCUT2D eigenvalue weighted by molar-refractivity contribution is 0.0703. The van der Waals surface area contributed by atoms with E-state index in [2.05, 4.69) is 10.2 Å². The summed E-state index contributed by atoms with van der Waals surface area (Å²) in [7, 11) is -1.20. The highest BCUT2D eigenvalue weighted by molar-refractivity contribution is 6.60. The normalized spacial score (nSPS) is 11.8. The largest absolute Gasteiger partial charge is 0.500 e. The van der Waals surface area contributed by atoms with Gasteiger partial charge >= 0.3 is 20.9 Å². The first kappa shape index (κ1) is 20.6. The summed E-state index contributed by atoms with van der Waals surface area (Å²) in [6.07, 6.45) is -0.908. The Kier molecular flexibility index (Phi) is 10.5. The SMILES string of the molecule is CCO[Si](CCCN(C)C(=O)N=NC(=O)O)(OCC)OCC. The third-order valence-electron chi connectivity index (χ3n) is 2.62. The Balaban J connectivity index is 4.47. The van der Waals surface area contributed by atoms with E-state index in [4.69, 9.17) is 18.4 Å². The molecule has 0 atom stereocenters. The highest BCUT2D eigenvalue weighted by atomic mass is 28.4. The smallest absolute Gasteiger partial charge is 0.462 e. The summed E-state index contributed by atoms with van der Waals surface area (Å²) in [6, 6.07) is -0.144. The van der Waals surface area contributed by atoms with E-state index in [0.29, 0.717) is 38.8 Å². The molecule has 22 heavy (non-hydrogen) atoms. The Hall–Kier alpha value is -1.36. The zero-order chi connectivity index (χ0) is 17.0. The van der Waals surface area contributed by atoms with Gasteiger partial charge in [-0.2, -0.15) is 0 Å². The summed E-state index contributed by atoms with van der Waals surface area (Å²) < 4.78 is 17.1. The van der Waals surface area contributed by atoms with Gasteiger partial charge in [0.05, 0.1) is 0 Å². The summed E-state index contributed by atoms with van der Waals surface area (Å²) in [6.45, 7) is 7.49. The van der Waals surface area contributed by atoms with Crippen molar-refractivity contribution in [2.75, 3.05) is 33.4 Å². The Morgan fingerprint density at radius 2 is 1.55 bits per heavy atom. The van der Waals surface area contributed by atoms with Crippen LogP contribution in [0.5, 0.6) is 0 Å². The minimum absolute atomic E-state index is 0.374. The first-order valence-corrected chi connectivity index (χ1v) is 9.15. The third-order valence-corrected chi connectivity index (χ3v) is 5.77. The fourth-order valence-electron chi connectivity index (χ4n) is 1.79. The first-order valence-electron chi connectivity index (χ1n) is 7.22. The minimum atomic E-state index is -2.72. The van der Waals surface area contributed by atoms with Gasteiger partial charge in [-0.05, 0) is 27.2 Å². The fourth-order valence-corrected chi connectivity index (χ4v) is 4.39. The number of carboxylic acid groups (broad SMARTS) is 1. The molecule has 0 aliphatic heterocycles. The van der Waals surface area contributed by atoms with E-state index in [-0.39, 0.29) is 0 Å². The molecule has 0 saturated carbocycles.